The highest BCUT2D eigenvalue weighted by Crippen LogP contribution is 2.58. The average Bonchev–Trinajstić information content (AvgIpc) is 3.40. The summed E-state index contributed by atoms with van der Waals surface area (Å²) in [5.41, 5.74) is -0.659. The van der Waals surface area contributed by atoms with Gasteiger partial charge in [0.1, 0.15) is 11.6 Å². The summed E-state index contributed by atoms with van der Waals surface area (Å²) in [6.45, 7) is 3.85. The van der Waals surface area contributed by atoms with Gasteiger partial charge in [0.15, 0.2) is 0 Å². The van der Waals surface area contributed by atoms with Crippen LogP contribution in [0.2, 0.25) is 5.02 Å². The van der Waals surface area contributed by atoms with E-state index in [1.807, 2.05) is 6.92 Å². The molecular weight excluding hydrogens is 422 g/mol. The Morgan fingerprint density at radius 3 is 2.77 bits per heavy atom. The molecule has 4 rings (SSSR count). The summed E-state index contributed by atoms with van der Waals surface area (Å²) >= 11 is 6.21. The molecule has 1 spiro atoms. The third-order valence-corrected chi connectivity index (χ3v) is 7.04. The molecule has 3 aliphatic rings. The van der Waals surface area contributed by atoms with E-state index in [1.165, 1.54) is 4.90 Å². The van der Waals surface area contributed by atoms with E-state index in [9.17, 15) is 19.5 Å². The number of aliphatic hydroxyl groups is 1. The highest BCUT2D eigenvalue weighted by molar-refractivity contribution is 6.33. The molecule has 9 heteroatoms. The van der Waals surface area contributed by atoms with E-state index < -0.39 is 41.5 Å². The molecule has 3 saturated heterocycles. The second-order valence-electron chi connectivity index (χ2n) is 8.59. The molecule has 0 aromatic heterocycles. The van der Waals surface area contributed by atoms with Crippen molar-refractivity contribution in [1.82, 2.24) is 10.2 Å². The van der Waals surface area contributed by atoms with Gasteiger partial charge in [-0.25, -0.2) is 0 Å². The second kappa shape index (κ2) is 8.41. The molecule has 2 unspecified atom stereocenters. The Bertz CT molecular complexity index is 896. The van der Waals surface area contributed by atoms with Crippen molar-refractivity contribution in [2.75, 3.05) is 18.5 Å². The summed E-state index contributed by atoms with van der Waals surface area (Å²) in [6.07, 6.45) is 1.49. The third-order valence-electron chi connectivity index (χ3n) is 6.71. The Kier molecular flexibility index (Phi) is 5.98. The first kappa shape index (κ1) is 22.0. The number of amides is 3. The maximum Gasteiger partial charge on any atom is 0.250 e. The van der Waals surface area contributed by atoms with Crippen molar-refractivity contribution >= 4 is 35.0 Å². The molecule has 8 nitrogen and oxygen atoms in total. The van der Waals surface area contributed by atoms with Gasteiger partial charge in [-0.3, -0.25) is 14.4 Å². The van der Waals surface area contributed by atoms with E-state index in [2.05, 4.69) is 10.6 Å². The molecule has 31 heavy (non-hydrogen) atoms. The molecule has 1 aromatic rings. The smallest absolute Gasteiger partial charge is 0.250 e. The standard InChI is InChI=1S/C22H28ClN3O5/c1-3-10-24-19(28)16-15-8-9-22(31-15)17(16)21(30)26(12(2)11-27)18(22)20(29)25-14-7-5-4-6-13(14)23/h4-7,12,15-18,27H,3,8-11H2,1-2H3,(H,24,28)(H,25,29)/t12-,15+,16-,17+,18?,22?/m1/s1. The molecule has 0 saturated carbocycles. The minimum atomic E-state index is -1.09. The SMILES string of the molecule is CCCNC(=O)[C@@H]1[C@@H]2CCC3(O2)C(C(=O)Nc2ccccc2Cl)N([C@H](C)CO)C(=O)[C@H]13. The van der Waals surface area contributed by atoms with Crippen molar-refractivity contribution < 1.29 is 24.2 Å². The summed E-state index contributed by atoms with van der Waals surface area (Å²) in [4.78, 5) is 41.3. The summed E-state index contributed by atoms with van der Waals surface area (Å²) in [5.74, 6) is -2.35. The van der Waals surface area contributed by atoms with Gasteiger partial charge in [0, 0.05) is 6.54 Å². The summed E-state index contributed by atoms with van der Waals surface area (Å²) in [6, 6.07) is 5.29. The van der Waals surface area contributed by atoms with E-state index in [0.29, 0.717) is 30.1 Å². The fourth-order valence-corrected chi connectivity index (χ4v) is 5.57. The Morgan fingerprint density at radius 1 is 1.35 bits per heavy atom. The maximum atomic E-state index is 13.5. The molecule has 168 valence electrons. The molecule has 3 amide bonds. The monoisotopic (exact) mass is 449 g/mol. The molecule has 3 N–H and O–H groups in total. The van der Waals surface area contributed by atoms with Crippen LogP contribution in [-0.2, 0) is 19.1 Å². The summed E-state index contributed by atoms with van der Waals surface area (Å²) in [7, 11) is 0. The van der Waals surface area contributed by atoms with Crippen LogP contribution in [0.5, 0.6) is 0 Å². The van der Waals surface area contributed by atoms with Crippen molar-refractivity contribution in [3.8, 4) is 0 Å². The number of rotatable bonds is 7. The van der Waals surface area contributed by atoms with Crippen LogP contribution in [-0.4, -0.2) is 64.7 Å². The van der Waals surface area contributed by atoms with E-state index in [0.717, 1.165) is 6.42 Å². The van der Waals surface area contributed by atoms with Crippen LogP contribution in [0, 0.1) is 11.8 Å². The molecule has 0 radical (unpaired) electrons. The molecule has 1 aromatic carbocycles. The number of aliphatic hydroxyl groups excluding tert-OH is 1. The first-order chi connectivity index (χ1) is 14.9. The summed E-state index contributed by atoms with van der Waals surface area (Å²) < 4.78 is 6.30. The Morgan fingerprint density at radius 2 is 2.10 bits per heavy atom. The number of nitrogens with zero attached hydrogens (tertiary/aromatic N) is 1. The quantitative estimate of drug-likeness (QED) is 0.585. The van der Waals surface area contributed by atoms with Crippen LogP contribution in [0.1, 0.15) is 33.1 Å². The zero-order valence-electron chi connectivity index (χ0n) is 17.6. The minimum Gasteiger partial charge on any atom is -0.394 e. The van der Waals surface area contributed by atoms with Crippen LogP contribution in [0.15, 0.2) is 24.3 Å². The van der Waals surface area contributed by atoms with E-state index in [1.54, 1.807) is 31.2 Å². The summed E-state index contributed by atoms with van der Waals surface area (Å²) in [5, 5.41) is 15.9. The van der Waals surface area contributed by atoms with Gasteiger partial charge in [-0.05, 0) is 38.3 Å². The van der Waals surface area contributed by atoms with Crippen molar-refractivity contribution in [1.29, 1.82) is 0 Å². The minimum absolute atomic E-state index is 0.212. The van der Waals surface area contributed by atoms with Crippen LogP contribution < -0.4 is 10.6 Å². The van der Waals surface area contributed by atoms with Gasteiger partial charge in [0.2, 0.25) is 17.7 Å². The molecular formula is C22H28ClN3O5. The second-order valence-corrected chi connectivity index (χ2v) is 9.00. The molecule has 3 fully saturated rings. The Balaban J connectivity index is 1.70. The zero-order valence-corrected chi connectivity index (χ0v) is 18.4. The van der Waals surface area contributed by atoms with E-state index in [-0.39, 0.29) is 18.4 Å². The largest absolute Gasteiger partial charge is 0.394 e. The number of anilines is 1. The number of para-hydroxylation sites is 1. The first-order valence-electron chi connectivity index (χ1n) is 10.8. The van der Waals surface area contributed by atoms with Gasteiger partial charge in [-0.15, -0.1) is 0 Å². The lowest BCUT2D eigenvalue weighted by Gasteiger charge is -2.35. The maximum absolute atomic E-state index is 13.5. The highest BCUT2D eigenvalue weighted by Gasteiger charge is 2.74. The first-order valence-corrected chi connectivity index (χ1v) is 11.2. The number of carbonyl (C=O) groups is 3. The topological polar surface area (TPSA) is 108 Å². The normalized spacial score (nSPS) is 32.1. The van der Waals surface area contributed by atoms with Crippen LogP contribution >= 0.6 is 11.6 Å². The molecule has 2 bridgehead atoms. The van der Waals surface area contributed by atoms with Crippen molar-refractivity contribution in [2.24, 2.45) is 11.8 Å². The van der Waals surface area contributed by atoms with Crippen LogP contribution in [0.4, 0.5) is 5.69 Å². The zero-order chi connectivity index (χ0) is 22.3. The third kappa shape index (κ3) is 3.41. The molecule has 3 heterocycles. The van der Waals surface area contributed by atoms with Gasteiger partial charge in [0.25, 0.3) is 0 Å². The highest BCUT2D eigenvalue weighted by atomic mass is 35.5. The molecule has 3 aliphatic heterocycles. The lowest BCUT2D eigenvalue weighted by molar-refractivity contribution is -0.143. The van der Waals surface area contributed by atoms with Crippen molar-refractivity contribution in [2.45, 2.75) is 56.9 Å². The van der Waals surface area contributed by atoms with Crippen molar-refractivity contribution in [3.05, 3.63) is 29.3 Å². The fraction of sp³-hybridized carbons (Fsp3) is 0.591. The van der Waals surface area contributed by atoms with Gasteiger partial charge < -0.3 is 25.4 Å². The number of hydrogen-bond donors (Lipinski definition) is 3. The number of benzene rings is 1. The number of ether oxygens (including phenoxy) is 1. The van der Waals surface area contributed by atoms with Gasteiger partial charge in [0.05, 0.1) is 41.3 Å². The average molecular weight is 450 g/mol. The number of likely N-dealkylation sites (tertiary alicyclic amines) is 1. The predicted molar refractivity (Wildman–Crippen MR) is 114 cm³/mol. The van der Waals surface area contributed by atoms with Crippen LogP contribution in [0.3, 0.4) is 0 Å². The number of hydrogen-bond acceptors (Lipinski definition) is 5. The van der Waals surface area contributed by atoms with Gasteiger partial charge >= 0.3 is 0 Å². The van der Waals surface area contributed by atoms with E-state index in [4.69, 9.17) is 16.3 Å². The Labute approximate surface area is 186 Å². The number of carbonyl (C=O) groups excluding carboxylic acids is 3. The van der Waals surface area contributed by atoms with Gasteiger partial charge in [-0.1, -0.05) is 30.7 Å². The fourth-order valence-electron chi connectivity index (χ4n) is 5.38. The number of halogens is 1. The lowest BCUT2D eigenvalue weighted by Crippen LogP contribution is -2.55. The number of fused-ring (bicyclic) bond motifs is 1. The lowest BCUT2D eigenvalue weighted by atomic mass is 9.70. The molecule has 6 atom stereocenters. The van der Waals surface area contributed by atoms with Crippen LogP contribution in [0.25, 0.3) is 0 Å². The van der Waals surface area contributed by atoms with Gasteiger partial charge in [-0.2, -0.15) is 0 Å². The van der Waals surface area contributed by atoms with Crippen molar-refractivity contribution in [3.63, 3.8) is 0 Å². The van der Waals surface area contributed by atoms with E-state index >= 15 is 0 Å². The number of nitrogens with one attached hydrogen (secondary N) is 2. The molecule has 0 aliphatic carbocycles. The predicted octanol–water partition coefficient (Wildman–Crippen LogP) is 1.56. The Hall–Kier alpha value is -2.16.